The predicted octanol–water partition coefficient (Wildman–Crippen LogP) is -0.309. The van der Waals surface area contributed by atoms with E-state index in [0.29, 0.717) is 25.1 Å². The van der Waals surface area contributed by atoms with Gasteiger partial charge in [0.2, 0.25) is 11.8 Å². The van der Waals surface area contributed by atoms with E-state index in [1.165, 1.54) is 0 Å². The number of imide groups is 1. The van der Waals surface area contributed by atoms with Crippen molar-refractivity contribution in [2.45, 2.75) is 32.2 Å². The van der Waals surface area contributed by atoms with Gasteiger partial charge in [0.15, 0.2) is 5.78 Å². The number of ketones is 1. The number of aromatic nitrogens is 2. The van der Waals surface area contributed by atoms with Gasteiger partial charge in [-0.3, -0.25) is 24.4 Å². The quantitative estimate of drug-likeness (QED) is 0.588. The summed E-state index contributed by atoms with van der Waals surface area (Å²) in [4.78, 5) is 35.3. The van der Waals surface area contributed by atoms with Crippen LogP contribution in [0.3, 0.4) is 0 Å². The lowest BCUT2D eigenvalue weighted by molar-refractivity contribution is -0.136. The van der Waals surface area contributed by atoms with Gasteiger partial charge in [0.1, 0.15) is 5.69 Å². The summed E-state index contributed by atoms with van der Waals surface area (Å²) < 4.78 is 1.76. The Labute approximate surface area is 122 Å². The molecule has 7 heteroatoms. The molecular formula is C14H18N4O3. The summed E-state index contributed by atoms with van der Waals surface area (Å²) in [6, 6.07) is 0. The fraction of sp³-hybridized carbons (Fsp3) is 0.571. The van der Waals surface area contributed by atoms with E-state index in [-0.39, 0.29) is 24.0 Å². The largest absolute Gasteiger partial charge is 0.312 e. The monoisotopic (exact) mass is 290 g/mol. The molecule has 0 bridgehead atoms. The van der Waals surface area contributed by atoms with Crippen LogP contribution >= 0.6 is 0 Å². The van der Waals surface area contributed by atoms with Crippen molar-refractivity contribution in [3.63, 3.8) is 0 Å². The van der Waals surface area contributed by atoms with Crippen molar-refractivity contribution < 1.29 is 14.4 Å². The molecule has 3 rings (SSSR count). The third-order valence-electron chi connectivity index (χ3n) is 4.16. The Balaban J connectivity index is 1.77. The Kier molecular flexibility index (Phi) is 3.59. The van der Waals surface area contributed by atoms with Crippen LogP contribution in [0, 0.1) is 5.92 Å². The number of Topliss-reactive ketones (excluding diaryl/α,β-unsaturated/α-hetero) is 1. The molecule has 2 aliphatic rings. The average Bonchev–Trinajstić information content (AvgIpc) is 2.80. The van der Waals surface area contributed by atoms with Gasteiger partial charge in [-0.05, 0) is 6.42 Å². The number of aryl methyl sites for hydroxylation is 1. The lowest BCUT2D eigenvalue weighted by Crippen LogP contribution is -2.41. The van der Waals surface area contributed by atoms with E-state index in [1.807, 2.05) is 7.05 Å². The molecule has 2 aliphatic heterocycles. The highest BCUT2D eigenvalue weighted by molar-refractivity contribution is 6.03. The zero-order valence-corrected chi connectivity index (χ0v) is 11.9. The predicted molar refractivity (Wildman–Crippen MR) is 73.4 cm³/mol. The molecule has 1 saturated heterocycles. The van der Waals surface area contributed by atoms with Crippen LogP contribution in [0.1, 0.15) is 41.0 Å². The van der Waals surface area contributed by atoms with E-state index >= 15 is 0 Å². The first-order valence-electron chi connectivity index (χ1n) is 7.18. The molecule has 0 radical (unpaired) electrons. The van der Waals surface area contributed by atoms with Crippen LogP contribution in [0.2, 0.25) is 0 Å². The van der Waals surface area contributed by atoms with Gasteiger partial charge in [-0.15, -0.1) is 0 Å². The van der Waals surface area contributed by atoms with Gasteiger partial charge < -0.3 is 5.32 Å². The van der Waals surface area contributed by atoms with Crippen LogP contribution < -0.4 is 10.6 Å². The summed E-state index contributed by atoms with van der Waals surface area (Å²) in [6.45, 7) is 1.52. The zero-order chi connectivity index (χ0) is 15.0. The molecule has 1 fully saturated rings. The number of carbonyl (C=O) groups excluding carboxylic acids is 3. The molecule has 0 unspecified atom stereocenters. The highest BCUT2D eigenvalue weighted by Crippen LogP contribution is 2.23. The standard InChI is InChI=1S/C14H18N4O3/c1-18-10-4-5-15-7-9(10)13(17-18)11(19)6-8-2-3-12(20)16-14(8)21/h8,15H,2-7H2,1H3,(H,16,20,21)/t8-/m1/s1. The molecule has 2 N–H and O–H groups in total. The Morgan fingerprint density at radius 2 is 2.19 bits per heavy atom. The Morgan fingerprint density at radius 1 is 1.38 bits per heavy atom. The first kappa shape index (κ1) is 13.9. The Morgan fingerprint density at radius 3 is 2.95 bits per heavy atom. The minimum absolute atomic E-state index is 0.114. The molecule has 0 aliphatic carbocycles. The van der Waals surface area contributed by atoms with Crippen LogP contribution in [-0.2, 0) is 29.6 Å². The topological polar surface area (TPSA) is 93.1 Å². The van der Waals surface area contributed by atoms with Crippen LogP contribution in [0.5, 0.6) is 0 Å². The van der Waals surface area contributed by atoms with E-state index in [1.54, 1.807) is 4.68 Å². The number of piperidine rings is 1. The number of nitrogens with zero attached hydrogens (tertiary/aromatic N) is 2. The normalized spacial score (nSPS) is 21.9. The SMILES string of the molecule is Cn1nc(C(=O)C[C@H]2CCC(=O)NC2=O)c2c1CCNC2. The maximum atomic E-state index is 12.5. The third kappa shape index (κ3) is 2.61. The lowest BCUT2D eigenvalue weighted by atomic mass is 9.91. The summed E-state index contributed by atoms with van der Waals surface area (Å²) in [5.41, 5.74) is 2.49. The van der Waals surface area contributed by atoms with Crippen molar-refractivity contribution in [2.75, 3.05) is 6.54 Å². The van der Waals surface area contributed by atoms with Gasteiger partial charge in [-0.1, -0.05) is 0 Å². The number of nitrogens with one attached hydrogen (secondary N) is 2. The molecule has 1 atom stereocenters. The summed E-state index contributed by atoms with van der Waals surface area (Å²) in [5, 5.41) is 9.85. The molecule has 21 heavy (non-hydrogen) atoms. The second kappa shape index (κ2) is 5.40. The maximum Gasteiger partial charge on any atom is 0.230 e. The van der Waals surface area contributed by atoms with E-state index in [4.69, 9.17) is 0 Å². The molecule has 3 heterocycles. The fourth-order valence-corrected chi connectivity index (χ4v) is 3.00. The highest BCUT2D eigenvalue weighted by atomic mass is 16.2. The fourth-order valence-electron chi connectivity index (χ4n) is 3.00. The van der Waals surface area contributed by atoms with Crippen molar-refractivity contribution in [1.82, 2.24) is 20.4 Å². The second-order valence-corrected chi connectivity index (χ2v) is 5.60. The summed E-state index contributed by atoms with van der Waals surface area (Å²) in [6.07, 6.45) is 1.70. The number of rotatable bonds is 3. The first-order chi connectivity index (χ1) is 10.1. The zero-order valence-electron chi connectivity index (χ0n) is 11.9. The van der Waals surface area contributed by atoms with Crippen LogP contribution in [0.25, 0.3) is 0 Å². The molecular weight excluding hydrogens is 272 g/mol. The summed E-state index contributed by atoms with van der Waals surface area (Å²) >= 11 is 0. The number of hydrogen-bond donors (Lipinski definition) is 2. The molecule has 0 aromatic carbocycles. The first-order valence-corrected chi connectivity index (χ1v) is 7.18. The molecule has 1 aromatic rings. The lowest BCUT2D eigenvalue weighted by Gasteiger charge is -2.20. The van der Waals surface area contributed by atoms with Crippen LogP contribution in [-0.4, -0.2) is 33.9 Å². The van der Waals surface area contributed by atoms with E-state index < -0.39 is 5.92 Å². The van der Waals surface area contributed by atoms with Crippen LogP contribution in [0.15, 0.2) is 0 Å². The van der Waals surface area contributed by atoms with Crippen molar-refractivity contribution in [3.05, 3.63) is 17.0 Å². The van der Waals surface area contributed by atoms with Gasteiger partial charge in [0, 0.05) is 56.6 Å². The maximum absolute atomic E-state index is 12.5. The summed E-state index contributed by atoms with van der Waals surface area (Å²) in [5.74, 6) is -1.15. The molecule has 112 valence electrons. The summed E-state index contributed by atoms with van der Waals surface area (Å²) in [7, 11) is 1.84. The van der Waals surface area contributed by atoms with Crippen molar-refractivity contribution in [2.24, 2.45) is 13.0 Å². The van der Waals surface area contributed by atoms with E-state index in [2.05, 4.69) is 15.7 Å². The third-order valence-corrected chi connectivity index (χ3v) is 4.16. The number of fused-ring (bicyclic) bond motifs is 1. The van der Waals surface area contributed by atoms with Gasteiger partial charge >= 0.3 is 0 Å². The highest BCUT2D eigenvalue weighted by Gasteiger charge is 2.31. The number of hydrogen-bond acceptors (Lipinski definition) is 5. The molecule has 2 amide bonds. The molecule has 0 spiro atoms. The average molecular weight is 290 g/mol. The van der Waals surface area contributed by atoms with Crippen molar-refractivity contribution in [1.29, 1.82) is 0 Å². The van der Waals surface area contributed by atoms with Crippen molar-refractivity contribution in [3.8, 4) is 0 Å². The van der Waals surface area contributed by atoms with Gasteiger partial charge in [-0.2, -0.15) is 5.10 Å². The van der Waals surface area contributed by atoms with E-state index in [0.717, 1.165) is 24.2 Å². The second-order valence-electron chi connectivity index (χ2n) is 5.60. The smallest absolute Gasteiger partial charge is 0.230 e. The Bertz CT molecular complexity index is 620. The van der Waals surface area contributed by atoms with Crippen molar-refractivity contribution >= 4 is 17.6 Å². The number of carbonyl (C=O) groups is 3. The molecule has 7 nitrogen and oxygen atoms in total. The minimum Gasteiger partial charge on any atom is -0.312 e. The minimum atomic E-state index is -0.426. The molecule has 0 saturated carbocycles. The van der Waals surface area contributed by atoms with Gasteiger partial charge in [0.25, 0.3) is 0 Å². The van der Waals surface area contributed by atoms with E-state index in [9.17, 15) is 14.4 Å². The van der Waals surface area contributed by atoms with Gasteiger partial charge in [-0.25, -0.2) is 0 Å². The Hall–Kier alpha value is -2.02. The number of amides is 2. The van der Waals surface area contributed by atoms with Gasteiger partial charge in [0.05, 0.1) is 0 Å². The molecule has 1 aromatic heterocycles. The van der Waals surface area contributed by atoms with Crippen LogP contribution in [0.4, 0.5) is 0 Å².